The lowest BCUT2D eigenvalue weighted by atomic mass is 10.2. The van der Waals surface area contributed by atoms with Crippen LogP contribution >= 0.6 is 11.6 Å². The van der Waals surface area contributed by atoms with E-state index in [4.69, 9.17) is 20.4 Å². The molecule has 0 atom stereocenters. The van der Waals surface area contributed by atoms with Crippen LogP contribution in [0.3, 0.4) is 0 Å². The van der Waals surface area contributed by atoms with Crippen LogP contribution in [-0.2, 0) is 17.8 Å². The Morgan fingerprint density at radius 2 is 1.85 bits per heavy atom. The van der Waals surface area contributed by atoms with Gasteiger partial charge in [-0.05, 0) is 49.2 Å². The Labute approximate surface area is 194 Å². The van der Waals surface area contributed by atoms with Crippen LogP contribution in [-0.4, -0.2) is 32.0 Å². The summed E-state index contributed by atoms with van der Waals surface area (Å²) in [5.41, 5.74) is 1.10. The highest BCUT2D eigenvalue weighted by Gasteiger charge is 2.33. The molecule has 7 nitrogen and oxygen atoms in total. The second-order valence-electron chi connectivity index (χ2n) is 7.86. The number of carbonyl (C=O) groups is 1. The summed E-state index contributed by atoms with van der Waals surface area (Å²) >= 11 is 5.92. The Hall–Kier alpha value is -3.52. The highest BCUT2D eigenvalue weighted by atomic mass is 35.5. The number of rotatable bonds is 8. The van der Waals surface area contributed by atoms with Crippen LogP contribution in [0.4, 0.5) is 4.39 Å². The number of hydrogen-bond acceptors (Lipinski definition) is 6. The first-order valence-corrected chi connectivity index (χ1v) is 11.0. The van der Waals surface area contributed by atoms with E-state index in [9.17, 15) is 9.18 Å². The van der Waals surface area contributed by atoms with Gasteiger partial charge in [0.1, 0.15) is 5.82 Å². The summed E-state index contributed by atoms with van der Waals surface area (Å²) in [6, 6.07) is 13.6. The Bertz CT molecular complexity index is 1270. The average Bonchev–Trinajstić information content (AvgIpc) is 3.36. The van der Waals surface area contributed by atoms with Gasteiger partial charge in [-0.1, -0.05) is 23.7 Å². The van der Waals surface area contributed by atoms with Crippen LogP contribution in [0, 0.1) is 5.82 Å². The summed E-state index contributed by atoms with van der Waals surface area (Å²) in [5.74, 6) is 1.06. The molecule has 0 radical (unpaired) electrons. The third-order valence-corrected chi connectivity index (χ3v) is 5.67. The molecule has 9 heteroatoms. The summed E-state index contributed by atoms with van der Waals surface area (Å²) in [5, 5.41) is 8.81. The standard InChI is InChI=1S/C24H20ClFN4O3/c25-16-7-5-15(6-8-16)24-29-28-22(33-24)14-30(17-9-10-17)23(31)12-11-21-27-13-20(32-21)18-3-1-2-4-19(18)26/h1-8,13,17H,9-12,14H2. The molecule has 1 aliphatic carbocycles. The SMILES string of the molecule is O=C(CCc1ncc(-c2ccccc2F)o1)N(Cc1nnc(-c2ccc(Cl)cc2)o1)C1CC1. The normalized spacial score (nSPS) is 13.3. The van der Waals surface area contributed by atoms with Gasteiger partial charge in [-0.25, -0.2) is 9.37 Å². The maximum absolute atomic E-state index is 14.0. The number of oxazole rings is 1. The Kier molecular flexibility index (Phi) is 5.92. The first-order valence-electron chi connectivity index (χ1n) is 10.6. The van der Waals surface area contributed by atoms with E-state index in [1.165, 1.54) is 12.3 Å². The maximum atomic E-state index is 14.0. The van der Waals surface area contributed by atoms with E-state index in [2.05, 4.69) is 15.2 Å². The lowest BCUT2D eigenvalue weighted by molar-refractivity contribution is -0.132. The molecular formula is C24H20ClFN4O3. The Morgan fingerprint density at radius 1 is 1.06 bits per heavy atom. The zero-order valence-corrected chi connectivity index (χ0v) is 18.3. The Morgan fingerprint density at radius 3 is 2.61 bits per heavy atom. The quantitative estimate of drug-likeness (QED) is 0.350. The van der Waals surface area contributed by atoms with Crippen molar-refractivity contribution in [3.63, 3.8) is 0 Å². The number of nitrogens with zero attached hydrogens (tertiary/aromatic N) is 4. The fraction of sp³-hybridized carbons (Fsp3) is 0.250. The van der Waals surface area contributed by atoms with Crippen molar-refractivity contribution < 1.29 is 18.0 Å². The van der Waals surface area contributed by atoms with E-state index in [1.54, 1.807) is 47.4 Å². The summed E-state index contributed by atoms with van der Waals surface area (Å²) in [6.07, 6.45) is 3.90. The number of aryl methyl sites for hydroxylation is 1. The molecule has 1 saturated carbocycles. The van der Waals surface area contributed by atoms with Crippen molar-refractivity contribution in [2.75, 3.05) is 0 Å². The number of amides is 1. The molecule has 5 rings (SSSR count). The monoisotopic (exact) mass is 466 g/mol. The fourth-order valence-corrected chi connectivity index (χ4v) is 3.67. The van der Waals surface area contributed by atoms with Crippen molar-refractivity contribution in [1.82, 2.24) is 20.1 Å². The zero-order chi connectivity index (χ0) is 22.8. The van der Waals surface area contributed by atoms with Gasteiger partial charge in [0.25, 0.3) is 0 Å². The van der Waals surface area contributed by atoms with Gasteiger partial charge in [0.05, 0.1) is 18.3 Å². The van der Waals surface area contributed by atoms with Crippen LogP contribution in [0.1, 0.15) is 31.0 Å². The predicted molar refractivity (Wildman–Crippen MR) is 119 cm³/mol. The minimum Gasteiger partial charge on any atom is -0.441 e. The molecule has 0 spiro atoms. The molecular weight excluding hydrogens is 447 g/mol. The Balaban J connectivity index is 1.22. The third kappa shape index (κ3) is 4.96. The maximum Gasteiger partial charge on any atom is 0.247 e. The molecule has 2 aromatic carbocycles. The van der Waals surface area contributed by atoms with E-state index < -0.39 is 0 Å². The molecule has 1 aliphatic rings. The minimum absolute atomic E-state index is 0.0469. The second kappa shape index (κ2) is 9.15. The van der Waals surface area contributed by atoms with E-state index >= 15 is 0 Å². The van der Waals surface area contributed by atoms with Gasteiger partial charge in [0.15, 0.2) is 11.7 Å². The topological polar surface area (TPSA) is 85.3 Å². The number of benzene rings is 2. The van der Waals surface area contributed by atoms with Gasteiger partial charge in [-0.2, -0.15) is 0 Å². The van der Waals surface area contributed by atoms with Gasteiger partial charge in [0, 0.05) is 29.5 Å². The zero-order valence-electron chi connectivity index (χ0n) is 17.6. The minimum atomic E-state index is -0.381. The third-order valence-electron chi connectivity index (χ3n) is 5.42. The van der Waals surface area contributed by atoms with Gasteiger partial charge >= 0.3 is 0 Å². The van der Waals surface area contributed by atoms with Gasteiger partial charge in [0.2, 0.25) is 17.7 Å². The molecule has 0 bridgehead atoms. The van der Waals surface area contributed by atoms with Crippen molar-refractivity contribution in [2.45, 2.75) is 38.3 Å². The molecule has 33 heavy (non-hydrogen) atoms. The van der Waals surface area contributed by atoms with Crippen LogP contribution in [0.2, 0.25) is 5.02 Å². The molecule has 0 N–H and O–H groups in total. The van der Waals surface area contributed by atoms with E-state index in [-0.39, 0.29) is 30.7 Å². The first-order chi connectivity index (χ1) is 16.1. The molecule has 1 fully saturated rings. The lowest BCUT2D eigenvalue weighted by Crippen LogP contribution is -2.32. The van der Waals surface area contributed by atoms with Crippen LogP contribution in [0.25, 0.3) is 22.8 Å². The number of carbonyl (C=O) groups excluding carboxylic acids is 1. The first kappa shape index (κ1) is 21.3. The number of aromatic nitrogens is 3. The molecule has 2 aromatic heterocycles. The van der Waals surface area contributed by atoms with Crippen molar-refractivity contribution in [3.8, 4) is 22.8 Å². The number of halogens is 2. The van der Waals surface area contributed by atoms with E-state index in [1.807, 2.05) is 0 Å². The van der Waals surface area contributed by atoms with E-state index in [0.29, 0.717) is 40.4 Å². The van der Waals surface area contributed by atoms with Gasteiger partial charge in [-0.3, -0.25) is 4.79 Å². The molecule has 2 heterocycles. The van der Waals surface area contributed by atoms with Crippen LogP contribution in [0.15, 0.2) is 63.6 Å². The second-order valence-corrected chi connectivity index (χ2v) is 8.30. The van der Waals surface area contributed by atoms with Gasteiger partial charge < -0.3 is 13.7 Å². The molecule has 0 aliphatic heterocycles. The summed E-state index contributed by atoms with van der Waals surface area (Å²) in [4.78, 5) is 18.9. The van der Waals surface area contributed by atoms with Crippen molar-refractivity contribution in [2.24, 2.45) is 0 Å². The van der Waals surface area contributed by atoms with Crippen LogP contribution in [0.5, 0.6) is 0 Å². The largest absolute Gasteiger partial charge is 0.441 e. The van der Waals surface area contributed by atoms with E-state index in [0.717, 1.165) is 18.4 Å². The summed E-state index contributed by atoms with van der Waals surface area (Å²) in [7, 11) is 0. The molecule has 168 valence electrons. The highest BCUT2D eigenvalue weighted by molar-refractivity contribution is 6.30. The summed E-state index contributed by atoms with van der Waals surface area (Å²) in [6.45, 7) is 0.246. The van der Waals surface area contributed by atoms with Crippen molar-refractivity contribution in [1.29, 1.82) is 0 Å². The predicted octanol–water partition coefficient (Wildman–Crippen LogP) is 5.31. The average molecular weight is 467 g/mol. The lowest BCUT2D eigenvalue weighted by Gasteiger charge is -2.20. The fourth-order valence-electron chi connectivity index (χ4n) is 3.55. The van der Waals surface area contributed by atoms with Crippen molar-refractivity contribution >= 4 is 17.5 Å². The summed E-state index contributed by atoms with van der Waals surface area (Å²) < 4.78 is 25.4. The molecule has 0 unspecified atom stereocenters. The highest BCUT2D eigenvalue weighted by Crippen LogP contribution is 2.30. The number of hydrogen-bond donors (Lipinski definition) is 0. The molecule has 1 amide bonds. The molecule has 4 aromatic rings. The van der Waals surface area contributed by atoms with Crippen LogP contribution < -0.4 is 0 Å². The van der Waals surface area contributed by atoms with Gasteiger partial charge in [-0.15, -0.1) is 10.2 Å². The smallest absolute Gasteiger partial charge is 0.247 e. The van der Waals surface area contributed by atoms with Crippen molar-refractivity contribution in [3.05, 3.63) is 77.3 Å². The molecule has 0 saturated heterocycles.